The van der Waals surface area contributed by atoms with E-state index in [0.717, 1.165) is 0 Å². The van der Waals surface area contributed by atoms with E-state index in [9.17, 15) is 10.0 Å². The minimum Gasteiger partial charge on any atom is -0.618 e. The van der Waals surface area contributed by atoms with E-state index in [2.05, 4.69) is 10.2 Å². The summed E-state index contributed by atoms with van der Waals surface area (Å²) in [6.07, 6.45) is 1.47. The van der Waals surface area contributed by atoms with E-state index in [1.54, 1.807) is 43.3 Å². The lowest BCUT2D eigenvalue weighted by molar-refractivity contribution is -0.577. The molecule has 4 rings (SSSR count). The molecule has 0 saturated heterocycles. The molecule has 0 fully saturated rings. The molecule has 146 valence electrons. The molecule has 0 aliphatic rings. The van der Waals surface area contributed by atoms with Crippen LogP contribution in [0.3, 0.4) is 0 Å². The van der Waals surface area contributed by atoms with Gasteiger partial charge in [-0.2, -0.15) is 9.83 Å². The highest BCUT2D eigenvalue weighted by atomic mass is 35.5. The van der Waals surface area contributed by atoms with Gasteiger partial charge in [0.2, 0.25) is 5.75 Å². The monoisotopic (exact) mass is 411 g/mol. The number of nitrogens with zero attached hydrogens (tertiary/aromatic N) is 2. The van der Waals surface area contributed by atoms with E-state index >= 15 is 4.39 Å². The van der Waals surface area contributed by atoms with Crippen molar-refractivity contribution in [1.29, 1.82) is 0 Å². The molecule has 6 nitrogen and oxygen atoms in total. The lowest BCUT2D eigenvalue weighted by atomic mass is 10.1. The van der Waals surface area contributed by atoms with Gasteiger partial charge in [0.25, 0.3) is 11.1 Å². The number of pyridine rings is 1. The summed E-state index contributed by atoms with van der Waals surface area (Å²) in [7, 11) is 0. The third-order valence-corrected chi connectivity index (χ3v) is 4.80. The zero-order chi connectivity index (χ0) is 20.5. The van der Waals surface area contributed by atoms with Gasteiger partial charge in [-0.05, 0) is 42.8 Å². The standard InChI is InChI=1S/C21H15ClFN3O3/c1-12-10-15(24-25-21(12)27)11-14-7-8-16(22)20(18(14)23)29-17-6-2-4-13-5-3-9-26(28)19(13)17/h2-10H,11H2,1H3,(H,25,27). The van der Waals surface area contributed by atoms with Crippen molar-refractivity contribution in [2.24, 2.45) is 0 Å². The first-order chi connectivity index (χ1) is 13.9. The number of para-hydroxylation sites is 1. The molecule has 0 amide bonds. The van der Waals surface area contributed by atoms with Crippen LogP contribution in [-0.4, -0.2) is 10.2 Å². The van der Waals surface area contributed by atoms with Crippen LogP contribution in [0.15, 0.2) is 59.5 Å². The van der Waals surface area contributed by atoms with Gasteiger partial charge in [-0.15, -0.1) is 0 Å². The third kappa shape index (κ3) is 3.64. The van der Waals surface area contributed by atoms with Crippen LogP contribution in [-0.2, 0) is 6.42 Å². The molecule has 0 bridgehead atoms. The number of aromatic nitrogens is 3. The number of aromatic amines is 1. The molecule has 2 heterocycles. The van der Waals surface area contributed by atoms with Crippen LogP contribution in [0.5, 0.6) is 11.5 Å². The number of H-pyrrole nitrogens is 1. The lowest BCUT2D eigenvalue weighted by Crippen LogP contribution is -2.26. The van der Waals surface area contributed by atoms with Crippen LogP contribution in [0.1, 0.15) is 16.8 Å². The van der Waals surface area contributed by atoms with Crippen molar-refractivity contribution in [3.63, 3.8) is 0 Å². The number of ether oxygens (including phenoxy) is 1. The fourth-order valence-electron chi connectivity index (χ4n) is 3.05. The normalized spacial score (nSPS) is 11.0. The maximum absolute atomic E-state index is 15.2. The molecular formula is C21H15ClFN3O3. The summed E-state index contributed by atoms with van der Waals surface area (Å²) >= 11 is 6.18. The number of fused-ring (bicyclic) bond motifs is 1. The molecule has 0 aliphatic heterocycles. The summed E-state index contributed by atoms with van der Waals surface area (Å²) in [6.45, 7) is 1.65. The smallest absolute Gasteiger partial charge is 0.267 e. The van der Waals surface area contributed by atoms with Crippen molar-refractivity contribution in [3.05, 3.63) is 97.9 Å². The Kier molecular flexibility index (Phi) is 4.90. The molecule has 0 saturated carbocycles. The number of nitrogens with one attached hydrogen (secondary N) is 1. The van der Waals surface area contributed by atoms with Crippen molar-refractivity contribution in [3.8, 4) is 11.5 Å². The zero-order valence-electron chi connectivity index (χ0n) is 15.3. The maximum atomic E-state index is 15.2. The van der Waals surface area contributed by atoms with Crippen LogP contribution in [0, 0.1) is 17.9 Å². The minimum absolute atomic E-state index is 0.0715. The number of aryl methyl sites for hydroxylation is 1. The van der Waals surface area contributed by atoms with Gasteiger partial charge in [0.15, 0.2) is 17.8 Å². The van der Waals surface area contributed by atoms with Crippen molar-refractivity contribution >= 4 is 22.5 Å². The molecule has 0 atom stereocenters. The second-order valence-corrected chi connectivity index (χ2v) is 6.94. The summed E-state index contributed by atoms with van der Waals surface area (Å²) in [6, 6.07) is 13.1. The van der Waals surface area contributed by atoms with Crippen molar-refractivity contribution in [2.75, 3.05) is 0 Å². The molecule has 0 unspecified atom stereocenters. The fourth-order valence-corrected chi connectivity index (χ4v) is 3.23. The lowest BCUT2D eigenvalue weighted by Gasteiger charge is -2.13. The first-order valence-corrected chi connectivity index (χ1v) is 9.12. The van der Waals surface area contributed by atoms with E-state index in [0.29, 0.717) is 26.9 Å². The highest BCUT2D eigenvalue weighted by Gasteiger charge is 2.19. The van der Waals surface area contributed by atoms with E-state index in [4.69, 9.17) is 16.3 Å². The van der Waals surface area contributed by atoms with Crippen molar-refractivity contribution in [1.82, 2.24) is 10.2 Å². The average molecular weight is 412 g/mol. The van der Waals surface area contributed by atoms with E-state index in [1.165, 1.54) is 18.3 Å². The Balaban J connectivity index is 1.75. The number of rotatable bonds is 4. The number of benzene rings is 2. The van der Waals surface area contributed by atoms with Crippen LogP contribution >= 0.6 is 11.6 Å². The van der Waals surface area contributed by atoms with Gasteiger partial charge in [0.1, 0.15) is 0 Å². The maximum Gasteiger partial charge on any atom is 0.267 e. The first-order valence-electron chi connectivity index (χ1n) is 8.75. The van der Waals surface area contributed by atoms with Crippen LogP contribution in [0.25, 0.3) is 10.9 Å². The van der Waals surface area contributed by atoms with Gasteiger partial charge in [-0.1, -0.05) is 23.7 Å². The van der Waals surface area contributed by atoms with Gasteiger partial charge < -0.3 is 9.94 Å². The van der Waals surface area contributed by atoms with Gasteiger partial charge in [0.05, 0.1) is 16.1 Å². The van der Waals surface area contributed by atoms with Crippen molar-refractivity contribution < 1.29 is 13.9 Å². The summed E-state index contributed by atoms with van der Waals surface area (Å²) in [5, 5.41) is 19.2. The second-order valence-electron chi connectivity index (χ2n) is 6.53. The average Bonchev–Trinajstić information content (AvgIpc) is 2.70. The highest BCUT2D eigenvalue weighted by molar-refractivity contribution is 6.32. The fraction of sp³-hybridized carbons (Fsp3) is 0.0952. The molecule has 29 heavy (non-hydrogen) atoms. The molecule has 1 N–H and O–H groups in total. The Bertz CT molecular complexity index is 1280. The summed E-state index contributed by atoms with van der Waals surface area (Å²) < 4.78 is 21.6. The van der Waals surface area contributed by atoms with E-state index < -0.39 is 5.82 Å². The Labute approximate surface area is 169 Å². The Morgan fingerprint density at radius 2 is 2.03 bits per heavy atom. The van der Waals surface area contributed by atoms with E-state index in [1.807, 2.05) is 0 Å². The molecular weight excluding hydrogens is 397 g/mol. The van der Waals surface area contributed by atoms with Crippen LogP contribution < -0.4 is 15.0 Å². The van der Waals surface area contributed by atoms with Crippen molar-refractivity contribution in [2.45, 2.75) is 13.3 Å². The Morgan fingerprint density at radius 3 is 2.83 bits per heavy atom. The molecule has 0 aliphatic carbocycles. The van der Waals surface area contributed by atoms with Gasteiger partial charge in [-0.25, -0.2) is 9.49 Å². The predicted molar refractivity (Wildman–Crippen MR) is 107 cm³/mol. The molecule has 0 spiro atoms. The number of halogens is 2. The largest absolute Gasteiger partial charge is 0.618 e. The van der Waals surface area contributed by atoms with Gasteiger partial charge >= 0.3 is 0 Å². The third-order valence-electron chi connectivity index (χ3n) is 4.50. The minimum atomic E-state index is -0.659. The molecule has 2 aromatic carbocycles. The van der Waals surface area contributed by atoms with Crippen LogP contribution in [0.4, 0.5) is 4.39 Å². The second kappa shape index (κ2) is 7.52. The van der Waals surface area contributed by atoms with Crippen LogP contribution in [0.2, 0.25) is 5.02 Å². The highest BCUT2D eigenvalue weighted by Crippen LogP contribution is 2.36. The zero-order valence-corrected chi connectivity index (χ0v) is 16.0. The Hall–Kier alpha value is -3.45. The topological polar surface area (TPSA) is 81.9 Å². The first kappa shape index (κ1) is 18.9. The Morgan fingerprint density at radius 1 is 1.24 bits per heavy atom. The summed E-state index contributed by atoms with van der Waals surface area (Å²) in [4.78, 5) is 11.5. The molecule has 2 aromatic heterocycles. The predicted octanol–water partition coefficient (Wildman–Crippen LogP) is 4.04. The number of hydrogen-bond donors (Lipinski definition) is 1. The van der Waals surface area contributed by atoms with Gasteiger partial charge in [0, 0.05) is 18.1 Å². The van der Waals surface area contributed by atoms with E-state index in [-0.39, 0.29) is 34.0 Å². The number of hydrogen-bond acceptors (Lipinski definition) is 4. The van der Waals surface area contributed by atoms with Gasteiger partial charge in [-0.3, -0.25) is 4.79 Å². The SMILES string of the molecule is Cc1cc(Cc2ccc(Cl)c(Oc3cccc4ccc[n+]([O-])c34)c2F)n[nH]c1=O. The quantitative estimate of drug-likeness (QED) is 0.406. The molecule has 8 heteroatoms. The molecule has 4 aromatic rings. The summed E-state index contributed by atoms with van der Waals surface area (Å²) in [5.74, 6) is -0.649. The molecule has 0 radical (unpaired) electrons. The summed E-state index contributed by atoms with van der Waals surface area (Å²) in [5.41, 5.74) is 1.25.